The molecule has 0 aromatic heterocycles. The fourth-order valence-electron chi connectivity index (χ4n) is 2.08. The van der Waals surface area contributed by atoms with Crippen LogP contribution in [0.1, 0.15) is 11.1 Å². The van der Waals surface area contributed by atoms with Gasteiger partial charge in [-0.1, -0.05) is 18.2 Å². The first-order valence-electron chi connectivity index (χ1n) is 7.16. The van der Waals surface area contributed by atoms with Gasteiger partial charge >= 0.3 is 0 Å². The molecule has 0 saturated carbocycles. The smallest absolute Gasteiger partial charge is 0.162 e. The summed E-state index contributed by atoms with van der Waals surface area (Å²) in [5, 5.41) is 17.7. The number of ether oxygens (including phenoxy) is 3. The predicted octanol–water partition coefficient (Wildman–Crippen LogP) is 3.71. The minimum absolute atomic E-state index is 0.0268. The third-order valence-corrected chi connectivity index (χ3v) is 3.27. The van der Waals surface area contributed by atoms with Crippen LogP contribution < -0.4 is 14.2 Å². The zero-order valence-electron chi connectivity index (χ0n) is 13.4. The molecule has 2 rings (SSSR count). The van der Waals surface area contributed by atoms with E-state index in [1.807, 2.05) is 36.4 Å². The maximum absolute atomic E-state index is 8.85. The van der Waals surface area contributed by atoms with Gasteiger partial charge in [0.15, 0.2) is 11.5 Å². The van der Waals surface area contributed by atoms with Gasteiger partial charge in [0.05, 0.1) is 14.2 Å². The van der Waals surface area contributed by atoms with Gasteiger partial charge in [0, 0.05) is 0 Å². The first-order chi connectivity index (χ1) is 11.7. The summed E-state index contributed by atoms with van der Waals surface area (Å²) in [6, 6.07) is 16.5. The summed E-state index contributed by atoms with van der Waals surface area (Å²) < 4.78 is 16.3. The standard InChI is InChI=1S/C19H16N2O3/c1-22-17-5-3-4-15(9-17)13-24-19-10-14(6-7-18(19)23-2)8-16(11-20)12-21/h3-10H,13H2,1-2H3. The molecule has 2 aromatic rings. The molecule has 0 amide bonds. The van der Waals surface area contributed by atoms with Gasteiger partial charge in [-0.15, -0.1) is 0 Å². The number of hydrogen-bond donors (Lipinski definition) is 0. The van der Waals surface area contributed by atoms with E-state index >= 15 is 0 Å². The lowest BCUT2D eigenvalue weighted by molar-refractivity contribution is 0.284. The van der Waals surface area contributed by atoms with E-state index in [0.29, 0.717) is 23.7 Å². The minimum atomic E-state index is 0.0268. The van der Waals surface area contributed by atoms with E-state index in [1.165, 1.54) is 6.08 Å². The van der Waals surface area contributed by atoms with Crippen LogP contribution in [-0.2, 0) is 6.61 Å². The summed E-state index contributed by atoms with van der Waals surface area (Å²) >= 11 is 0. The fourth-order valence-corrected chi connectivity index (χ4v) is 2.08. The van der Waals surface area contributed by atoms with Gasteiger partial charge in [-0.2, -0.15) is 10.5 Å². The quantitative estimate of drug-likeness (QED) is 0.758. The first kappa shape index (κ1) is 16.9. The van der Waals surface area contributed by atoms with Crippen molar-refractivity contribution in [2.24, 2.45) is 0 Å². The summed E-state index contributed by atoms with van der Waals surface area (Å²) in [4.78, 5) is 0. The highest BCUT2D eigenvalue weighted by atomic mass is 16.5. The number of hydrogen-bond acceptors (Lipinski definition) is 5. The Morgan fingerprint density at radius 3 is 2.46 bits per heavy atom. The summed E-state index contributed by atoms with van der Waals surface area (Å²) in [7, 11) is 3.17. The Morgan fingerprint density at radius 2 is 1.79 bits per heavy atom. The Balaban J connectivity index is 2.23. The highest BCUT2D eigenvalue weighted by Crippen LogP contribution is 2.30. The second kappa shape index (κ2) is 8.26. The molecule has 5 nitrogen and oxygen atoms in total. The Labute approximate surface area is 140 Å². The topological polar surface area (TPSA) is 75.3 Å². The maximum atomic E-state index is 8.85. The molecule has 0 N–H and O–H groups in total. The maximum Gasteiger partial charge on any atom is 0.162 e. The molecule has 0 spiro atoms. The van der Waals surface area contributed by atoms with E-state index in [9.17, 15) is 0 Å². The Hall–Kier alpha value is -3.44. The van der Waals surface area contributed by atoms with E-state index in [0.717, 1.165) is 11.3 Å². The lowest BCUT2D eigenvalue weighted by atomic mass is 10.1. The molecule has 0 atom stereocenters. The summed E-state index contributed by atoms with van der Waals surface area (Å²) in [6.07, 6.45) is 1.50. The van der Waals surface area contributed by atoms with Crippen LogP contribution in [0.25, 0.3) is 6.08 Å². The van der Waals surface area contributed by atoms with Crippen LogP contribution in [0.5, 0.6) is 17.2 Å². The van der Waals surface area contributed by atoms with Gasteiger partial charge < -0.3 is 14.2 Å². The predicted molar refractivity (Wildman–Crippen MR) is 89.5 cm³/mol. The molecule has 24 heavy (non-hydrogen) atoms. The van der Waals surface area contributed by atoms with Gasteiger partial charge in [-0.25, -0.2) is 0 Å². The fraction of sp³-hybridized carbons (Fsp3) is 0.158. The summed E-state index contributed by atoms with van der Waals surface area (Å²) in [5.74, 6) is 1.86. The van der Waals surface area contributed by atoms with Crippen LogP contribution in [-0.4, -0.2) is 14.2 Å². The van der Waals surface area contributed by atoms with Gasteiger partial charge in [0.25, 0.3) is 0 Å². The van der Waals surface area contributed by atoms with Crippen LogP contribution in [0.15, 0.2) is 48.0 Å². The molecule has 0 aliphatic carbocycles. The van der Waals surface area contributed by atoms with Crippen molar-refractivity contribution in [3.8, 4) is 29.4 Å². The number of nitriles is 2. The second-order valence-corrected chi connectivity index (χ2v) is 4.83. The molecule has 0 fully saturated rings. The highest BCUT2D eigenvalue weighted by molar-refractivity contribution is 5.64. The third kappa shape index (κ3) is 4.28. The van der Waals surface area contributed by atoms with Crippen molar-refractivity contribution in [3.63, 3.8) is 0 Å². The van der Waals surface area contributed by atoms with E-state index < -0.39 is 0 Å². The van der Waals surface area contributed by atoms with Crippen molar-refractivity contribution in [3.05, 3.63) is 59.2 Å². The molecule has 0 saturated heterocycles. The normalized spacial score (nSPS) is 9.33. The average molecular weight is 320 g/mol. The minimum Gasteiger partial charge on any atom is -0.497 e. The van der Waals surface area contributed by atoms with E-state index in [-0.39, 0.29) is 5.57 Å². The van der Waals surface area contributed by atoms with Crippen molar-refractivity contribution in [2.75, 3.05) is 14.2 Å². The molecule has 0 heterocycles. The molecule has 0 aliphatic heterocycles. The van der Waals surface area contributed by atoms with Crippen molar-refractivity contribution in [1.29, 1.82) is 10.5 Å². The number of methoxy groups -OCH3 is 2. The van der Waals surface area contributed by atoms with Crippen molar-refractivity contribution in [1.82, 2.24) is 0 Å². The molecule has 0 radical (unpaired) electrons. The molecule has 5 heteroatoms. The van der Waals surface area contributed by atoms with Gasteiger partial charge in [0.2, 0.25) is 0 Å². The van der Waals surface area contributed by atoms with Gasteiger partial charge in [-0.3, -0.25) is 0 Å². The Bertz CT molecular complexity index is 813. The van der Waals surface area contributed by atoms with E-state index in [2.05, 4.69) is 0 Å². The van der Waals surface area contributed by atoms with Gasteiger partial charge in [0.1, 0.15) is 30.1 Å². The van der Waals surface area contributed by atoms with Crippen LogP contribution in [0, 0.1) is 22.7 Å². The van der Waals surface area contributed by atoms with Crippen LogP contribution in [0.3, 0.4) is 0 Å². The van der Waals surface area contributed by atoms with E-state index in [4.69, 9.17) is 24.7 Å². The number of benzene rings is 2. The van der Waals surface area contributed by atoms with Crippen molar-refractivity contribution in [2.45, 2.75) is 6.61 Å². The number of nitrogens with zero attached hydrogens (tertiary/aromatic N) is 2. The van der Waals surface area contributed by atoms with E-state index in [1.54, 1.807) is 32.4 Å². The number of allylic oxidation sites excluding steroid dienone is 1. The molecular weight excluding hydrogens is 304 g/mol. The lowest BCUT2D eigenvalue weighted by Crippen LogP contribution is -1.98. The second-order valence-electron chi connectivity index (χ2n) is 4.83. The van der Waals surface area contributed by atoms with Crippen molar-refractivity contribution >= 4 is 6.08 Å². The molecular formula is C19H16N2O3. The third-order valence-electron chi connectivity index (χ3n) is 3.27. The SMILES string of the molecule is COc1cccc(COc2cc(C=C(C#N)C#N)ccc2OC)c1. The van der Waals surface area contributed by atoms with Crippen LogP contribution in [0.4, 0.5) is 0 Å². The Kier molecular flexibility index (Phi) is 5.82. The lowest BCUT2D eigenvalue weighted by Gasteiger charge is -2.12. The Morgan fingerprint density at radius 1 is 1.00 bits per heavy atom. The largest absolute Gasteiger partial charge is 0.497 e. The molecule has 0 aliphatic rings. The van der Waals surface area contributed by atoms with Crippen LogP contribution >= 0.6 is 0 Å². The average Bonchev–Trinajstić information content (AvgIpc) is 2.64. The zero-order valence-corrected chi connectivity index (χ0v) is 13.4. The van der Waals surface area contributed by atoms with Crippen LogP contribution in [0.2, 0.25) is 0 Å². The zero-order chi connectivity index (χ0) is 17.4. The molecule has 2 aromatic carbocycles. The first-order valence-corrected chi connectivity index (χ1v) is 7.16. The summed E-state index contributed by atoms with van der Waals surface area (Å²) in [5.41, 5.74) is 1.67. The molecule has 0 bridgehead atoms. The molecule has 0 unspecified atom stereocenters. The number of rotatable bonds is 6. The van der Waals surface area contributed by atoms with Crippen molar-refractivity contribution < 1.29 is 14.2 Å². The highest BCUT2D eigenvalue weighted by Gasteiger charge is 2.07. The monoisotopic (exact) mass is 320 g/mol. The van der Waals surface area contributed by atoms with Gasteiger partial charge in [-0.05, 0) is 41.5 Å². The molecule has 120 valence electrons. The summed E-state index contributed by atoms with van der Waals surface area (Å²) in [6.45, 7) is 0.337.